The van der Waals surface area contributed by atoms with Gasteiger partial charge < -0.3 is 49.7 Å². The maximum absolute atomic E-state index is 14.3. The van der Waals surface area contributed by atoms with Gasteiger partial charge in [0.05, 0.1) is 58.8 Å². The molecule has 6 aliphatic rings. The molecule has 0 bridgehead atoms. The Morgan fingerprint density at radius 2 is 1.33 bits per heavy atom. The molecule has 2 saturated carbocycles. The number of methoxy groups -OCH3 is 1. The lowest BCUT2D eigenvalue weighted by molar-refractivity contribution is -0.138. The number of carbonyl (C=O) groups is 4. The number of fused-ring (bicyclic) bond motifs is 4. The molecule has 63 heavy (non-hydrogen) atoms. The summed E-state index contributed by atoms with van der Waals surface area (Å²) in [6.45, 7) is 2.12. The number of hydrogen-bond acceptors (Lipinski definition) is 11. The molecule has 0 unspecified atom stereocenters. The molecule has 18 nitrogen and oxygen atoms in total. The SMILES string of the molecule is COC(=O)N[C@H](C(=O)N1[C@@H]2C[C@@H]2C[C@H]1c1nc2cc(-c3cnc4cc(-c5c[nH]c([C@@H]6C[C@H]7C[C@H]7N6C(=O)[C@@H](NC(=O)O)C6CCOCC6)n5)ccc4n3)ccc2[nH]1)C1CCOCC1. The van der Waals surface area contributed by atoms with Gasteiger partial charge in [-0.15, -0.1) is 0 Å². The lowest BCUT2D eigenvalue weighted by Gasteiger charge is -2.35. The van der Waals surface area contributed by atoms with E-state index in [1.165, 1.54) is 7.11 Å². The maximum Gasteiger partial charge on any atom is 0.407 e. The number of ether oxygens (including phenoxy) is 3. The third-order valence-corrected chi connectivity index (χ3v) is 14.3. The molecule has 6 fully saturated rings. The second-order valence-electron chi connectivity index (χ2n) is 18.0. The summed E-state index contributed by atoms with van der Waals surface area (Å²) in [5.41, 5.74) is 6.14. The van der Waals surface area contributed by atoms with Crippen molar-refractivity contribution in [3.8, 4) is 22.5 Å². The summed E-state index contributed by atoms with van der Waals surface area (Å²) in [7, 11) is 1.31. The molecule has 5 N–H and O–H groups in total. The Kier molecular flexibility index (Phi) is 10.0. The van der Waals surface area contributed by atoms with Gasteiger partial charge in [-0.05, 0) is 99.3 Å². The van der Waals surface area contributed by atoms with Crippen LogP contribution in [0.1, 0.15) is 75.1 Å². The van der Waals surface area contributed by atoms with Gasteiger partial charge in [-0.25, -0.2) is 24.5 Å². The van der Waals surface area contributed by atoms with Crippen LogP contribution in [0.25, 0.3) is 44.6 Å². The van der Waals surface area contributed by atoms with Crippen molar-refractivity contribution in [2.75, 3.05) is 33.5 Å². The van der Waals surface area contributed by atoms with Crippen LogP contribution in [0.3, 0.4) is 0 Å². The number of rotatable bonds is 10. The molecule has 5 aromatic rings. The minimum Gasteiger partial charge on any atom is -0.465 e. The minimum atomic E-state index is -1.20. The van der Waals surface area contributed by atoms with Crippen LogP contribution in [0.5, 0.6) is 0 Å². The first-order chi connectivity index (χ1) is 30.7. The van der Waals surface area contributed by atoms with E-state index >= 15 is 0 Å². The summed E-state index contributed by atoms with van der Waals surface area (Å²) >= 11 is 0. The number of aromatic nitrogens is 6. The number of alkyl carbamates (subject to hydrolysis) is 1. The molecule has 11 rings (SSSR count). The highest BCUT2D eigenvalue weighted by molar-refractivity contribution is 5.89. The van der Waals surface area contributed by atoms with E-state index in [2.05, 4.69) is 20.6 Å². The maximum atomic E-state index is 14.3. The summed E-state index contributed by atoms with van der Waals surface area (Å²) in [5, 5.41) is 15.0. The summed E-state index contributed by atoms with van der Waals surface area (Å²) in [5.74, 6) is 1.75. The van der Waals surface area contributed by atoms with Crippen LogP contribution < -0.4 is 10.6 Å². The van der Waals surface area contributed by atoms with Gasteiger partial charge in [0.2, 0.25) is 11.8 Å². The van der Waals surface area contributed by atoms with Crippen LogP contribution in [0.15, 0.2) is 48.8 Å². The highest BCUT2D eigenvalue weighted by Crippen LogP contribution is 2.55. The molecule has 4 aliphatic heterocycles. The summed E-state index contributed by atoms with van der Waals surface area (Å²) < 4.78 is 16.0. The summed E-state index contributed by atoms with van der Waals surface area (Å²) in [6.07, 6.45) is 7.87. The normalized spacial score (nSPS) is 26.6. The van der Waals surface area contributed by atoms with E-state index in [9.17, 15) is 24.3 Å². The molecule has 8 atom stereocenters. The van der Waals surface area contributed by atoms with Crippen molar-refractivity contribution in [2.45, 2.75) is 87.6 Å². The Bertz CT molecular complexity index is 2600. The zero-order valence-electron chi connectivity index (χ0n) is 34.9. The summed E-state index contributed by atoms with van der Waals surface area (Å²) in [4.78, 5) is 83.0. The van der Waals surface area contributed by atoms with Crippen LogP contribution >= 0.6 is 0 Å². The van der Waals surface area contributed by atoms with Crippen LogP contribution in [-0.4, -0.2) is 127 Å². The Labute approximate surface area is 361 Å². The van der Waals surface area contributed by atoms with E-state index in [1.807, 2.05) is 52.4 Å². The average molecular weight is 859 g/mol. The first-order valence-electron chi connectivity index (χ1n) is 22.2. The number of likely N-dealkylation sites (tertiary alicyclic amines) is 2. The molecule has 328 valence electrons. The van der Waals surface area contributed by atoms with Crippen LogP contribution in [0, 0.1) is 23.7 Å². The number of nitrogens with zero attached hydrogens (tertiary/aromatic N) is 6. The molecule has 18 heteroatoms. The number of amides is 4. The van der Waals surface area contributed by atoms with Gasteiger partial charge >= 0.3 is 12.2 Å². The molecule has 2 aromatic carbocycles. The number of nitrogens with one attached hydrogen (secondary N) is 4. The number of piperidine rings is 2. The Hall–Kier alpha value is -6.14. The Morgan fingerprint density at radius 1 is 0.730 bits per heavy atom. The van der Waals surface area contributed by atoms with Crippen molar-refractivity contribution < 1.29 is 38.5 Å². The minimum absolute atomic E-state index is 0.0419. The van der Waals surface area contributed by atoms with Crippen LogP contribution in [0.4, 0.5) is 9.59 Å². The van der Waals surface area contributed by atoms with Gasteiger partial charge in [-0.2, -0.15) is 0 Å². The standard InChI is InChI=1S/C45H50N10O8/c1-61-45(60)53-39(23-8-12-63-13-9-23)43(57)55-35-17-27(35)19-37(55)41-49-29-5-3-25(15-31(29)50-41)32-20-46-30-14-24(2-4-28(30)48-32)33-21-47-40(51-33)36-18-26-16-34(26)54(36)42(56)38(52-44(58)59)22-6-10-62-11-7-22/h2-5,14-15,20-23,26-27,34-39,52H,6-13,16-19H2,1H3,(H,47,51)(H,49,50)(H,53,60)(H,58,59)/t26-,27-,34-,35-,36+,37+,38+,39+/m1/s1. The predicted molar refractivity (Wildman–Crippen MR) is 226 cm³/mol. The number of carbonyl (C=O) groups excluding carboxylic acids is 3. The van der Waals surface area contributed by atoms with Gasteiger partial charge in [0.15, 0.2) is 0 Å². The molecule has 4 saturated heterocycles. The monoisotopic (exact) mass is 858 g/mol. The number of aromatic amines is 2. The fraction of sp³-hybridized carbons (Fsp3) is 0.511. The van der Waals surface area contributed by atoms with E-state index in [0.717, 1.165) is 53.7 Å². The third-order valence-electron chi connectivity index (χ3n) is 14.3. The average Bonchev–Trinajstić information content (AvgIpc) is 3.93. The van der Waals surface area contributed by atoms with Crippen molar-refractivity contribution >= 4 is 46.1 Å². The fourth-order valence-electron chi connectivity index (χ4n) is 10.8. The highest BCUT2D eigenvalue weighted by Gasteiger charge is 2.58. The number of imidazole rings is 2. The topological polar surface area (TPSA) is 230 Å². The van der Waals surface area contributed by atoms with Crippen molar-refractivity contribution in [3.05, 3.63) is 60.4 Å². The van der Waals surface area contributed by atoms with Crippen LogP contribution in [-0.2, 0) is 23.8 Å². The second-order valence-corrected chi connectivity index (χ2v) is 18.0. The van der Waals surface area contributed by atoms with Gasteiger partial charge in [-0.1, -0.05) is 12.1 Å². The zero-order chi connectivity index (χ0) is 42.9. The molecule has 7 heterocycles. The molecular formula is C45H50N10O8. The lowest BCUT2D eigenvalue weighted by Crippen LogP contribution is -2.54. The highest BCUT2D eigenvalue weighted by atomic mass is 16.5. The molecule has 0 spiro atoms. The van der Waals surface area contributed by atoms with Gasteiger partial charge in [-0.3, -0.25) is 14.6 Å². The number of hydrogen-bond donors (Lipinski definition) is 5. The zero-order valence-corrected chi connectivity index (χ0v) is 34.9. The van der Waals surface area contributed by atoms with E-state index in [-0.39, 0.29) is 47.8 Å². The third kappa shape index (κ3) is 7.41. The van der Waals surface area contributed by atoms with Crippen molar-refractivity contribution in [1.82, 2.24) is 50.3 Å². The van der Waals surface area contributed by atoms with Gasteiger partial charge in [0.1, 0.15) is 23.7 Å². The predicted octanol–water partition coefficient (Wildman–Crippen LogP) is 5.10. The lowest BCUT2D eigenvalue weighted by atomic mass is 9.90. The number of carboxylic acid groups (broad SMARTS) is 1. The van der Waals surface area contributed by atoms with Crippen molar-refractivity contribution in [1.29, 1.82) is 0 Å². The molecule has 4 amide bonds. The Balaban J connectivity index is 0.806. The van der Waals surface area contributed by atoms with Crippen molar-refractivity contribution in [2.24, 2.45) is 23.7 Å². The second kappa shape index (κ2) is 15.9. The van der Waals surface area contributed by atoms with Crippen LogP contribution in [0.2, 0.25) is 0 Å². The quantitative estimate of drug-likeness (QED) is 0.124. The first-order valence-corrected chi connectivity index (χ1v) is 22.2. The van der Waals surface area contributed by atoms with E-state index < -0.39 is 24.3 Å². The van der Waals surface area contributed by atoms with Gasteiger partial charge in [0, 0.05) is 55.8 Å². The molecule has 2 aliphatic carbocycles. The molecule has 0 radical (unpaired) electrons. The van der Waals surface area contributed by atoms with Gasteiger partial charge in [0.25, 0.3) is 0 Å². The largest absolute Gasteiger partial charge is 0.465 e. The van der Waals surface area contributed by atoms with E-state index in [1.54, 1.807) is 6.20 Å². The number of H-pyrrole nitrogens is 2. The number of benzene rings is 2. The van der Waals surface area contributed by atoms with Crippen molar-refractivity contribution in [3.63, 3.8) is 0 Å². The van der Waals surface area contributed by atoms with E-state index in [4.69, 9.17) is 34.1 Å². The van der Waals surface area contributed by atoms with E-state index in [0.29, 0.717) is 92.2 Å². The fourth-order valence-corrected chi connectivity index (χ4v) is 10.8. The molecule has 3 aromatic heterocycles. The summed E-state index contributed by atoms with van der Waals surface area (Å²) in [6, 6.07) is 9.98. The smallest absolute Gasteiger partial charge is 0.407 e. The molecular weight excluding hydrogens is 809 g/mol. The first kappa shape index (κ1) is 39.7. The Morgan fingerprint density at radius 3 is 1.98 bits per heavy atom.